The van der Waals surface area contributed by atoms with E-state index < -0.39 is 0 Å². The van der Waals surface area contributed by atoms with Gasteiger partial charge in [-0.2, -0.15) is 5.10 Å². The summed E-state index contributed by atoms with van der Waals surface area (Å²) >= 11 is 0. The summed E-state index contributed by atoms with van der Waals surface area (Å²) in [5, 5.41) is 4.78. The molecule has 6 rings (SSSR count). The number of aromatic nitrogens is 2. The lowest BCUT2D eigenvalue weighted by Gasteiger charge is -2.29. The Morgan fingerprint density at radius 1 is 0.656 bits per heavy atom. The molecule has 3 heterocycles. The summed E-state index contributed by atoms with van der Waals surface area (Å²) < 4.78 is 0. The van der Waals surface area contributed by atoms with Crippen molar-refractivity contribution in [2.45, 2.75) is 5.92 Å². The summed E-state index contributed by atoms with van der Waals surface area (Å²) in [7, 11) is 0. The van der Waals surface area contributed by atoms with Crippen LogP contribution in [0.1, 0.15) is 44.4 Å². The molecule has 5 nitrogen and oxygen atoms in total. The number of rotatable bonds is 2. The highest BCUT2D eigenvalue weighted by molar-refractivity contribution is 6.23. The van der Waals surface area contributed by atoms with Crippen LogP contribution in [-0.2, 0) is 0 Å². The van der Waals surface area contributed by atoms with Gasteiger partial charge in [-0.25, -0.2) is 0 Å². The highest BCUT2D eigenvalue weighted by atomic mass is 16.1. The lowest BCUT2D eigenvalue weighted by atomic mass is 9.79. The first kappa shape index (κ1) is 18.4. The van der Waals surface area contributed by atoms with Crippen molar-refractivity contribution >= 4 is 22.8 Å². The van der Waals surface area contributed by atoms with Crippen molar-refractivity contribution in [1.82, 2.24) is 15.4 Å². The smallest absolute Gasteiger partial charge is 0.193 e. The minimum absolute atomic E-state index is 0.0128. The lowest BCUT2D eigenvalue weighted by molar-refractivity contribution is 0.103. The molecule has 4 aromatic rings. The number of ketones is 1. The normalized spacial score (nSPS) is 16.8. The molecule has 2 aromatic heterocycles. The fraction of sp³-hybridized carbons (Fsp3) is 0.0370. The molecule has 0 radical (unpaired) electrons. The second kappa shape index (κ2) is 7.39. The summed E-state index contributed by atoms with van der Waals surface area (Å²) in [5.74, 6) is -0.259. The molecular weight excluding hydrogens is 396 g/mol. The number of benzene rings is 2. The molecule has 32 heavy (non-hydrogen) atoms. The third kappa shape index (κ3) is 2.79. The molecule has 1 atom stereocenters. The summed E-state index contributed by atoms with van der Waals surface area (Å²) in [6.07, 6.45) is 3.52. The van der Waals surface area contributed by atoms with Gasteiger partial charge in [0, 0.05) is 29.1 Å². The number of carbonyl (C=O) groups is 1. The van der Waals surface area contributed by atoms with Crippen LogP contribution in [-0.4, -0.2) is 21.5 Å². The Morgan fingerprint density at radius 3 is 2.00 bits per heavy atom. The number of hydrogen-bond donors (Lipinski definition) is 1. The van der Waals surface area contributed by atoms with Gasteiger partial charge < -0.3 is 0 Å². The number of nitrogens with one attached hydrogen (secondary N) is 1. The molecule has 0 amide bonds. The molecule has 1 aliphatic heterocycles. The summed E-state index contributed by atoms with van der Waals surface area (Å²) in [4.78, 5) is 22.8. The minimum Gasteiger partial charge on any atom is -0.289 e. The average Bonchev–Trinajstić information content (AvgIpc) is 2.98. The first-order valence-electron chi connectivity index (χ1n) is 10.5. The minimum atomic E-state index is -0.271. The number of nitrogens with zero attached hydrogens (tertiary/aromatic N) is 3. The maximum Gasteiger partial charge on any atom is 0.193 e. The van der Waals surface area contributed by atoms with Crippen LogP contribution in [0.5, 0.6) is 0 Å². The standard InChI is InChI=1S/C27H18N4O/c32-27-19-11-3-1-9-17(19)23-24(18-10-2-4-12-20(18)27)26(22-14-6-8-16-29-22)31-30-25(23)21-13-5-7-15-28-21/h1-16,23,31H. The van der Waals surface area contributed by atoms with E-state index in [2.05, 4.69) is 15.4 Å². The van der Waals surface area contributed by atoms with Crippen LogP contribution in [0.15, 0.2) is 102 Å². The Balaban J connectivity index is 1.73. The molecule has 152 valence electrons. The average molecular weight is 414 g/mol. The number of hydrazone groups is 1. The molecule has 2 aromatic carbocycles. The quantitative estimate of drug-likeness (QED) is 0.517. The van der Waals surface area contributed by atoms with Crippen molar-refractivity contribution in [2.75, 3.05) is 0 Å². The third-order valence-electron chi connectivity index (χ3n) is 5.95. The van der Waals surface area contributed by atoms with E-state index in [0.29, 0.717) is 11.1 Å². The van der Waals surface area contributed by atoms with E-state index in [0.717, 1.165) is 39.5 Å². The molecule has 0 bridgehead atoms. The van der Waals surface area contributed by atoms with Crippen molar-refractivity contribution in [3.63, 3.8) is 0 Å². The van der Waals surface area contributed by atoms with Gasteiger partial charge in [0.25, 0.3) is 0 Å². The fourth-order valence-electron chi connectivity index (χ4n) is 4.56. The van der Waals surface area contributed by atoms with E-state index in [-0.39, 0.29) is 11.7 Å². The second-order valence-electron chi connectivity index (χ2n) is 7.72. The van der Waals surface area contributed by atoms with Gasteiger partial charge in [0.05, 0.1) is 28.7 Å². The van der Waals surface area contributed by atoms with Crippen LogP contribution >= 0.6 is 0 Å². The fourth-order valence-corrected chi connectivity index (χ4v) is 4.56. The predicted octanol–water partition coefficient (Wildman–Crippen LogP) is 4.68. The van der Waals surface area contributed by atoms with E-state index >= 15 is 0 Å². The van der Waals surface area contributed by atoms with Crippen molar-refractivity contribution in [1.29, 1.82) is 0 Å². The monoisotopic (exact) mass is 414 g/mol. The van der Waals surface area contributed by atoms with Gasteiger partial charge in [0.2, 0.25) is 0 Å². The molecular formula is C27H18N4O. The Morgan fingerprint density at radius 2 is 1.28 bits per heavy atom. The molecule has 0 spiro atoms. The zero-order valence-corrected chi connectivity index (χ0v) is 17.1. The molecule has 2 aliphatic rings. The number of fused-ring (bicyclic) bond motifs is 5. The largest absolute Gasteiger partial charge is 0.289 e. The Labute approximate surface area is 185 Å². The molecule has 0 fully saturated rings. The number of allylic oxidation sites excluding steroid dienone is 1. The highest BCUT2D eigenvalue weighted by Crippen LogP contribution is 2.46. The van der Waals surface area contributed by atoms with Gasteiger partial charge in [-0.05, 0) is 35.4 Å². The van der Waals surface area contributed by atoms with Crippen LogP contribution in [0.4, 0.5) is 0 Å². The summed E-state index contributed by atoms with van der Waals surface area (Å²) in [6.45, 7) is 0. The van der Waals surface area contributed by atoms with Gasteiger partial charge in [0.1, 0.15) is 0 Å². The van der Waals surface area contributed by atoms with Crippen LogP contribution in [0.3, 0.4) is 0 Å². The number of carbonyl (C=O) groups excluding carboxylic acids is 1. The Kier molecular flexibility index (Phi) is 4.25. The lowest BCUT2D eigenvalue weighted by Crippen LogP contribution is -2.27. The maximum atomic E-state index is 13.6. The van der Waals surface area contributed by atoms with Gasteiger partial charge in [-0.1, -0.05) is 60.7 Å². The van der Waals surface area contributed by atoms with E-state index in [1.807, 2.05) is 84.9 Å². The SMILES string of the molecule is O=C1c2ccccc2C2=C(c3ccccn3)NN=C(c3ccccn3)C2c2ccccc21. The van der Waals surface area contributed by atoms with Crippen LogP contribution < -0.4 is 5.43 Å². The molecule has 0 saturated heterocycles. The second-order valence-corrected chi connectivity index (χ2v) is 7.72. The zero-order chi connectivity index (χ0) is 21.5. The van der Waals surface area contributed by atoms with Crippen LogP contribution in [0.2, 0.25) is 0 Å². The third-order valence-corrected chi connectivity index (χ3v) is 5.95. The van der Waals surface area contributed by atoms with Crippen LogP contribution in [0.25, 0.3) is 11.3 Å². The topological polar surface area (TPSA) is 67.2 Å². The highest BCUT2D eigenvalue weighted by Gasteiger charge is 2.38. The van der Waals surface area contributed by atoms with Gasteiger partial charge in [-0.3, -0.25) is 20.2 Å². The van der Waals surface area contributed by atoms with Crippen molar-refractivity contribution in [3.05, 3.63) is 131 Å². The number of hydrogen-bond acceptors (Lipinski definition) is 5. The molecule has 5 heteroatoms. The molecule has 1 unspecified atom stereocenters. The Hall–Kier alpha value is -4.38. The van der Waals surface area contributed by atoms with Crippen molar-refractivity contribution in [2.24, 2.45) is 5.10 Å². The maximum absolute atomic E-state index is 13.6. The molecule has 1 N–H and O–H groups in total. The van der Waals surface area contributed by atoms with Gasteiger partial charge in [0.15, 0.2) is 5.78 Å². The van der Waals surface area contributed by atoms with Crippen LogP contribution in [0, 0.1) is 0 Å². The van der Waals surface area contributed by atoms with E-state index in [9.17, 15) is 4.79 Å². The van der Waals surface area contributed by atoms with E-state index in [4.69, 9.17) is 5.10 Å². The van der Waals surface area contributed by atoms with Crippen molar-refractivity contribution < 1.29 is 4.79 Å². The predicted molar refractivity (Wildman–Crippen MR) is 124 cm³/mol. The summed E-state index contributed by atoms with van der Waals surface area (Å²) in [6, 6.07) is 27.1. The first-order valence-corrected chi connectivity index (χ1v) is 10.5. The van der Waals surface area contributed by atoms with Crippen molar-refractivity contribution in [3.8, 4) is 0 Å². The van der Waals surface area contributed by atoms with Gasteiger partial charge in [-0.15, -0.1) is 0 Å². The Bertz CT molecular complexity index is 1410. The molecule has 1 aliphatic carbocycles. The van der Waals surface area contributed by atoms with E-state index in [1.165, 1.54) is 0 Å². The first-order chi connectivity index (χ1) is 15.8. The zero-order valence-electron chi connectivity index (χ0n) is 17.1. The molecule has 0 saturated carbocycles. The van der Waals surface area contributed by atoms with E-state index in [1.54, 1.807) is 12.4 Å². The number of pyridine rings is 2. The van der Waals surface area contributed by atoms with Gasteiger partial charge >= 0.3 is 0 Å². The summed E-state index contributed by atoms with van der Waals surface area (Å²) in [5.41, 5.74) is 10.5.